The number of piperidine rings is 1. The van der Waals surface area contributed by atoms with Gasteiger partial charge in [-0.1, -0.05) is 6.92 Å². The number of nitrogens with zero attached hydrogens (tertiary/aromatic N) is 4. The van der Waals surface area contributed by atoms with Gasteiger partial charge in [-0.25, -0.2) is 9.78 Å². The van der Waals surface area contributed by atoms with Crippen LogP contribution < -0.4 is 5.32 Å². The zero-order chi connectivity index (χ0) is 17.4. The number of likely N-dealkylation sites (tertiary alicyclic amines) is 1. The molecule has 1 saturated heterocycles. The minimum atomic E-state index is -0.189. The minimum absolute atomic E-state index is 0.0291. The van der Waals surface area contributed by atoms with Crippen molar-refractivity contribution in [2.45, 2.75) is 45.3 Å². The molecule has 0 unspecified atom stereocenters. The lowest BCUT2D eigenvalue weighted by Crippen LogP contribution is -2.42. The van der Waals surface area contributed by atoms with Gasteiger partial charge in [0.1, 0.15) is 5.82 Å². The molecule has 7 heteroatoms. The highest BCUT2D eigenvalue weighted by atomic mass is 16.3. The first kappa shape index (κ1) is 18.7. The fourth-order valence-electron chi connectivity index (χ4n) is 3.09. The summed E-state index contributed by atoms with van der Waals surface area (Å²) < 4.78 is 1.94. The van der Waals surface area contributed by atoms with Gasteiger partial charge in [0, 0.05) is 39.1 Å². The number of imidazole rings is 1. The van der Waals surface area contributed by atoms with E-state index in [-0.39, 0.29) is 12.1 Å². The third-order valence-electron chi connectivity index (χ3n) is 4.44. The summed E-state index contributed by atoms with van der Waals surface area (Å²) in [6.45, 7) is 6.71. The maximum absolute atomic E-state index is 12.4. The number of aliphatic hydroxyl groups excluding tert-OH is 1. The van der Waals surface area contributed by atoms with Crippen LogP contribution in [0.25, 0.3) is 0 Å². The molecule has 1 aliphatic rings. The van der Waals surface area contributed by atoms with Crippen LogP contribution in [0.1, 0.15) is 38.4 Å². The first-order chi connectivity index (χ1) is 11.6. The fraction of sp³-hybridized carbons (Fsp3) is 0.765. The lowest BCUT2D eigenvalue weighted by atomic mass is 10.1. The molecule has 0 radical (unpaired) electrons. The molecule has 24 heavy (non-hydrogen) atoms. The van der Waals surface area contributed by atoms with Crippen molar-refractivity contribution in [3.63, 3.8) is 0 Å². The number of aromatic nitrogens is 2. The lowest BCUT2D eigenvalue weighted by Gasteiger charge is -2.30. The predicted octanol–water partition coefficient (Wildman–Crippen LogP) is 1.19. The van der Waals surface area contributed by atoms with Gasteiger partial charge in [0.25, 0.3) is 0 Å². The summed E-state index contributed by atoms with van der Waals surface area (Å²) in [5, 5.41) is 12.7. The van der Waals surface area contributed by atoms with Crippen molar-refractivity contribution in [3.8, 4) is 0 Å². The normalized spacial score (nSPS) is 18.5. The van der Waals surface area contributed by atoms with Gasteiger partial charge in [0.15, 0.2) is 0 Å². The molecule has 0 aliphatic carbocycles. The predicted molar refractivity (Wildman–Crippen MR) is 93.6 cm³/mol. The average molecular weight is 337 g/mol. The Kier molecular flexibility index (Phi) is 7.52. The Hall–Kier alpha value is -1.60. The molecule has 1 fully saturated rings. The van der Waals surface area contributed by atoms with Crippen LogP contribution in [-0.2, 0) is 13.6 Å². The van der Waals surface area contributed by atoms with Crippen molar-refractivity contribution >= 4 is 6.03 Å². The quantitative estimate of drug-likeness (QED) is 0.699. The number of hydrogen-bond donors (Lipinski definition) is 2. The monoisotopic (exact) mass is 337 g/mol. The third-order valence-corrected chi connectivity index (χ3v) is 4.44. The summed E-state index contributed by atoms with van der Waals surface area (Å²) in [4.78, 5) is 20.8. The highest BCUT2D eigenvalue weighted by molar-refractivity contribution is 5.74. The molecule has 1 aromatic rings. The van der Waals surface area contributed by atoms with Gasteiger partial charge < -0.3 is 24.8 Å². The van der Waals surface area contributed by atoms with E-state index >= 15 is 0 Å². The average Bonchev–Trinajstić information content (AvgIpc) is 2.96. The maximum atomic E-state index is 12.4. The SMILES string of the molecule is CCCN(Cc1nccn1C)C(=O)NCCCN1CCC[C@@H](O)C1. The van der Waals surface area contributed by atoms with Crippen molar-refractivity contribution in [3.05, 3.63) is 18.2 Å². The molecule has 2 heterocycles. The van der Waals surface area contributed by atoms with E-state index in [0.29, 0.717) is 13.1 Å². The summed E-state index contributed by atoms with van der Waals surface area (Å²) in [6.07, 6.45) is 7.25. The second-order valence-electron chi connectivity index (χ2n) is 6.56. The Labute approximate surface area is 144 Å². The number of β-amino-alcohol motifs (C(OH)–C–C–N with tert-alkyl or cyclic N) is 1. The minimum Gasteiger partial charge on any atom is -0.392 e. The summed E-state index contributed by atoms with van der Waals surface area (Å²) in [6, 6.07) is -0.0291. The number of rotatable bonds is 8. The number of carbonyl (C=O) groups excluding carboxylic acids is 1. The van der Waals surface area contributed by atoms with Crippen molar-refractivity contribution in [2.75, 3.05) is 32.7 Å². The second kappa shape index (κ2) is 9.64. The molecule has 1 aromatic heterocycles. The van der Waals surface area contributed by atoms with Crippen molar-refractivity contribution in [1.29, 1.82) is 0 Å². The molecular formula is C17H31N5O2. The van der Waals surface area contributed by atoms with Gasteiger partial charge in [-0.15, -0.1) is 0 Å². The van der Waals surface area contributed by atoms with Crippen LogP contribution in [0.5, 0.6) is 0 Å². The molecule has 0 aromatic carbocycles. The highest BCUT2D eigenvalue weighted by Gasteiger charge is 2.18. The van der Waals surface area contributed by atoms with Crippen LogP contribution in [0.15, 0.2) is 12.4 Å². The summed E-state index contributed by atoms with van der Waals surface area (Å²) in [5.74, 6) is 0.890. The van der Waals surface area contributed by atoms with Gasteiger partial charge in [-0.2, -0.15) is 0 Å². The van der Waals surface area contributed by atoms with Crippen molar-refractivity contribution in [1.82, 2.24) is 24.7 Å². The summed E-state index contributed by atoms with van der Waals surface area (Å²) >= 11 is 0. The van der Waals surface area contributed by atoms with Crippen LogP contribution in [-0.4, -0.2) is 69.3 Å². The molecule has 1 aliphatic heterocycles. The molecule has 1 atom stereocenters. The smallest absolute Gasteiger partial charge is 0.317 e. The number of urea groups is 1. The summed E-state index contributed by atoms with van der Waals surface area (Å²) in [7, 11) is 1.94. The maximum Gasteiger partial charge on any atom is 0.317 e. The van der Waals surface area contributed by atoms with Gasteiger partial charge in [0.05, 0.1) is 12.6 Å². The summed E-state index contributed by atoms with van der Waals surface area (Å²) in [5.41, 5.74) is 0. The van der Waals surface area contributed by atoms with E-state index in [0.717, 1.165) is 57.7 Å². The topological polar surface area (TPSA) is 73.6 Å². The molecular weight excluding hydrogens is 306 g/mol. The third kappa shape index (κ3) is 5.79. The Bertz CT molecular complexity index is 505. The Morgan fingerprint density at radius 1 is 1.54 bits per heavy atom. The molecule has 0 bridgehead atoms. The number of nitrogens with one attached hydrogen (secondary N) is 1. The molecule has 0 spiro atoms. The van der Waals surface area contributed by atoms with E-state index in [2.05, 4.69) is 22.1 Å². The number of aryl methyl sites for hydroxylation is 1. The van der Waals surface area contributed by atoms with Crippen LogP contribution in [0, 0.1) is 0 Å². The fourth-order valence-corrected chi connectivity index (χ4v) is 3.09. The Morgan fingerprint density at radius 2 is 2.38 bits per heavy atom. The van der Waals surface area contributed by atoms with E-state index in [1.807, 2.05) is 22.7 Å². The number of aliphatic hydroxyl groups is 1. The second-order valence-corrected chi connectivity index (χ2v) is 6.56. The molecule has 2 N–H and O–H groups in total. The van der Waals surface area contributed by atoms with Gasteiger partial charge in [-0.3, -0.25) is 0 Å². The molecule has 136 valence electrons. The van der Waals surface area contributed by atoms with Crippen molar-refractivity contribution in [2.24, 2.45) is 7.05 Å². The van der Waals surface area contributed by atoms with Crippen molar-refractivity contribution < 1.29 is 9.90 Å². The van der Waals surface area contributed by atoms with E-state index in [1.54, 1.807) is 6.20 Å². The van der Waals surface area contributed by atoms with Crippen LogP contribution in [0.3, 0.4) is 0 Å². The van der Waals surface area contributed by atoms with E-state index in [4.69, 9.17) is 0 Å². The van der Waals surface area contributed by atoms with E-state index < -0.39 is 0 Å². The van der Waals surface area contributed by atoms with Crippen LogP contribution in [0.4, 0.5) is 4.79 Å². The van der Waals surface area contributed by atoms with E-state index in [1.165, 1.54) is 0 Å². The van der Waals surface area contributed by atoms with Crippen LogP contribution >= 0.6 is 0 Å². The molecule has 2 amide bonds. The zero-order valence-electron chi connectivity index (χ0n) is 14.9. The van der Waals surface area contributed by atoms with Gasteiger partial charge in [-0.05, 0) is 38.8 Å². The largest absolute Gasteiger partial charge is 0.392 e. The number of carbonyl (C=O) groups is 1. The molecule has 2 rings (SSSR count). The first-order valence-electron chi connectivity index (χ1n) is 8.99. The molecule has 0 saturated carbocycles. The molecule has 7 nitrogen and oxygen atoms in total. The van der Waals surface area contributed by atoms with Gasteiger partial charge in [0.2, 0.25) is 0 Å². The Morgan fingerprint density at radius 3 is 3.04 bits per heavy atom. The Balaban J connectivity index is 1.71. The van der Waals surface area contributed by atoms with Gasteiger partial charge >= 0.3 is 6.03 Å². The standard InChI is InChI=1S/C17H31N5O2/c1-3-9-22(14-16-18-8-12-20(16)2)17(24)19-7-5-11-21-10-4-6-15(23)13-21/h8,12,15,23H,3-7,9-11,13-14H2,1-2H3,(H,19,24)/t15-/m1/s1. The van der Waals surface area contributed by atoms with Crippen LogP contribution in [0.2, 0.25) is 0 Å². The number of hydrogen-bond acceptors (Lipinski definition) is 4. The first-order valence-corrected chi connectivity index (χ1v) is 8.99. The number of amides is 2. The van der Waals surface area contributed by atoms with E-state index in [9.17, 15) is 9.90 Å². The lowest BCUT2D eigenvalue weighted by molar-refractivity contribution is 0.0702. The highest BCUT2D eigenvalue weighted by Crippen LogP contribution is 2.09. The zero-order valence-corrected chi connectivity index (χ0v) is 14.9.